The lowest BCUT2D eigenvalue weighted by atomic mass is 9.94. The van der Waals surface area contributed by atoms with Crippen LogP contribution in [-0.2, 0) is 4.79 Å². The van der Waals surface area contributed by atoms with Crippen molar-refractivity contribution < 1.29 is 4.79 Å². The van der Waals surface area contributed by atoms with E-state index in [0.717, 1.165) is 32.0 Å². The molecule has 3 unspecified atom stereocenters. The summed E-state index contributed by atoms with van der Waals surface area (Å²) in [6.07, 6.45) is 8.15. The lowest BCUT2D eigenvalue weighted by Gasteiger charge is -2.35. The summed E-state index contributed by atoms with van der Waals surface area (Å²) in [6, 6.07) is 1.18. The molecule has 0 radical (unpaired) electrons. The lowest BCUT2D eigenvalue weighted by molar-refractivity contribution is -0.123. The van der Waals surface area contributed by atoms with Crippen molar-refractivity contribution >= 4 is 5.91 Å². The quantitative estimate of drug-likeness (QED) is 0.804. The molecule has 19 heavy (non-hydrogen) atoms. The first-order chi connectivity index (χ1) is 9.31. The molecule has 3 saturated heterocycles. The molecule has 4 heteroatoms. The number of rotatable bonds is 3. The number of nitrogens with zero attached hydrogens (tertiary/aromatic N) is 1. The van der Waals surface area contributed by atoms with E-state index in [-0.39, 0.29) is 5.91 Å². The third-order valence-corrected chi connectivity index (χ3v) is 5.06. The van der Waals surface area contributed by atoms with Crippen LogP contribution in [0.25, 0.3) is 0 Å². The smallest absolute Gasteiger partial charge is 0.220 e. The third kappa shape index (κ3) is 3.48. The zero-order valence-electron chi connectivity index (χ0n) is 11.9. The van der Waals surface area contributed by atoms with Gasteiger partial charge in [0.15, 0.2) is 0 Å². The number of piperidine rings is 2. The van der Waals surface area contributed by atoms with Crippen molar-refractivity contribution in [2.45, 2.75) is 57.0 Å². The third-order valence-electron chi connectivity index (χ3n) is 5.06. The summed E-state index contributed by atoms with van der Waals surface area (Å²) in [6.45, 7) is 4.60. The van der Waals surface area contributed by atoms with E-state index in [1.165, 1.54) is 45.2 Å². The molecule has 4 nitrogen and oxygen atoms in total. The van der Waals surface area contributed by atoms with Crippen molar-refractivity contribution in [2.75, 3.05) is 26.2 Å². The Morgan fingerprint density at radius 1 is 1.21 bits per heavy atom. The zero-order chi connectivity index (χ0) is 13.1. The van der Waals surface area contributed by atoms with E-state index in [4.69, 9.17) is 0 Å². The Hall–Kier alpha value is -0.610. The molecule has 2 N–H and O–H groups in total. The van der Waals surface area contributed by atoms with Crippen LogP contribution in [0.5, 0.6) is 0 Å². The highest BCUT2D eigenvalue weighted by molar-refractivity contribution is 5.76. The fourth-order valence-electron chi connectivity index (χ4n) is 4.00. The van der Waals surface area contributed by atoms with Crippen LogP contribution in [0.3, 0.4) is 0 Å². The first-order valence-electron chi connectivity index (χ1n) is 8.05. The van der Waals surface area contributed by atoms with Gasteiger partial charge in [-0.25, -0.2) is 0 Å². The molecular weight excluding hydrogens is 238 g/mol. The van der Waals surface area contributed by atoms with Gasteiger partial charge in [0.05, 0.1) is 0 Å². The molecular formula is C15H27N3O. The van der Waals surface area contributed by atoms with E-state index in [2.05, 4.69) is 15.5 Å². The average molecular weight is 265 g/mol. The molecule has 0 aromatic rings. The summed E-state index contributed by atoms with van der Waals surface area (Å²) in [5.41, 5.74) is 0. The molecule has 3 aliphatic rings. The summed E-state index contributed by atoms with van der Waals surface area (Å²) < 4.78 is 0. The molecule has 3 aliphatic heterocycles. The number of fused-ring (bicyclic) bond motifs is 1. The largest absolute Gasteiger partial charge is 0.353 e. The summed E-state index contributed by atoms with van der Waals surface area (Å²) in [4.78, 5) is 14.7. The van der Waals surface area contributed by atoms with Crippen molar-refractivity contribution in [1.82, 2.24) is 15.5 Å². The van der Waals surface area contributed by atoms with Gasteiger partial charge >= 0.3 is 0 Å². The second kappa shape index (κ2) is 6.23. The number of hydrogen-bond acceptors (Lipinski definition) is 3. The van der Waals surface area contributed by atoms with Gasteiger partial charge in [-0.1, -0.05) is 0 Å². The summed E-state index contributed by atoms with van der Waals surface area (Å²) in [5.74, 6) is 0.838. The Kier molecular flexibility index (Phi) is 4.38. The summed E-state index contributed by atoms with van der Waals surface area (Å²) in [5, 5.41) is 6.67. The first-order valence-corrected chi connectivity index (χ1v) is 8.05. The van der Waals surface area contributed by atoms with Gasteiger partial charge in [0.25, 0.3) is 0 Å². The van der Waals surface area contributed by atoms with Crippen LogP contribution in [0.2, 0.25) is 0 Å². The van der Waals surface area contributed by atoms with Gasteiger partial charge in [-0.15, -0.1) is 0 Å². The normalized spacial score (nSPS) is 35.9. The molecule has 3 heterocycles. The topological polar surface area (TPSA) is 44.4 Å². The maximum absolute atomic E-state index is 12.1. The van der Waals surface area contributed by atoms with Crippen LogP contribution in [0, 0.1) is 5.92 Å². The molecule has 0 aromatic carbocycles. The number of carbonyl (C=O) groups is 1. The first kappa shape index (κ1) is 13.4. The van der Waals surface area contributed by atoms with Crippen LogP contribution in [-0.4, -0.2) is 49.1 Å². The lowest BCUT2D eigenvalue weighted by Crippen LogP contribution is -2.48. The minimum atomic E-state index is 0.283. The molecule has 0 bridgehead atoms. The molecule has 0 saturated carbocycles. The Morgan fingerprint density at radius 3 is 3.00 bits per heavy atom. The highest BCUT2D eigenvalue weighted by Crippen LogP contribution is 2.27. The number of carbonyl (C=O) groups excluding carboxylic acids is 1. The molecule has 0 aromatic heterocycles. The average Bonchev–Trinajstić information content (AvgIpc) is 2.87. The maximum atomic E-state index is 12.1. The Morgan fingerprint density at radius 2 is 2.16 bits per heavy atom. The fraction of sp³-hybridized carbons (Fsp3) is 0.933. The van der Waals surface area contributed by atoms with Crippen molar-refractivity contribution in [3.05, 3.63) is 0 Å². The molecule has 0 spiro atoms. The summed E-state index contributed by atoms with van der Waals surface area (Å²) in [7, 11) is 0. The monoisotopic (exact) mass is 265 g/mol. The highest BCUT2D eigenvalue weighted by Gasteiger charge is 2.32. The minimum Gasteiger partial charge on any atom is -0.353 e. The van der Waals surface area contributed by atoms with Crippen LogP contribution in [0.4, 0.5) is 0 Å². The van der Waals surface area contributed by atoms with Crippen LogP contribution < -0.4 is 10.6 Å². The van der Waals surface area contributed by atoms with Crippen molar-refractivity contribution in [3.63, 3.8) is 0 Å². The van der Waals surface area contributed by atoms with Gasteiger partial charge in [-0.3, -0.25) is 4.79 Å². The van der Waals surface area contributed by atoms with Gasteiger partial charge in [0, 0.05) is 25.0 Å². The van der Waals surface area contributed by atoms with E-state index in [1.54, 1.807) is 0 Å². The van der Waals surface area contributed by atoms with Gasteiger partial charge in [0.2, 0.25) is 5.91 Å². The molecule has 3 rings (SSSR count). The van der Waals surface area contributed by atoms with Gasteiger partial charge < -0.3 is 15.5 Å². The fourth-order valence-corrected chi connectivity index (χ4v) is 4.00. The summed E-state index contributed by atoms with van der Waals surface area (Å²) >= 11 is 0. The standard InChI is InChI=1S/C15H27N3O/c19-15(9-12-3-1-6-16-11-12)17-13-5-8-18-7-2-4-14(18)10-13/h12-14,16H,1-11H2,(H,17,19). The maximum Gasteiger partial charge on any atom is 0.220 e. The van der Waals surface area contributed by atoms with Gasteiger partial charge in [-0.2, -0.15) is 0 Å². The van der Waals surface area contributed by atoms with E-state index in [1.807, 2.05) is 0 Å². The van der Waals surface area contributed by atoms with E-state index >= 15 is 0 Å². The SMILES string of the molecule is O=C(CC1CCCNC1)NC1CCN2CCCC2C1. The molecule has 0 aliphatic carbocycles. The zero-order valence-corrected chi connectivity index (χ0v) is 11.9. The molecule has 108 valence electrons. The second-order valence-corrected chi connectivity index (χ2v) is 6.54. The predicted molar refractivity (Wildman–Crippen MR) is 76.0 cm³/mol. The molecule has 1 amide bonds. The Bertz CT molecular complexity index is 315. The Balaban J connectivity index is 1.41. The van der Waals surface area contributed by atoms with Crippen LogP contribution >= 0.6 is 0 Å². The molecule has 3 atom stereocenters. The Labute approximate surface area is 116 Å². The van der Waals surface area contributed by atoms with E-state index < -0.39 is 0 Å². The highest BCUT2D eigenvalue weighted by atomic mass is 16.1. The van der Waals surface area contributed by atoms with Crippen molar-refractivity contribution in [2.24, 2.45) is 5.92 Å². The van der Waals surface area contributed by atoms with Crippen LogP contribution in [0.15, 0.2) is 0 Å². The second-order valence-electron chi connectivity index (χ2n) is 6.54. The van der Waals surface area contributed by atoms with Gasteiger partial charge in [-0.05, 0) is 64.1 Å². The van der Waals surface area contributed by atoms with E-state index in [0.29, 0.717) is 12.0 Å². The van der Waals surface area contributed by atoms with Crippen molar-refractivity contribution in [1.29, 1.82) is 0 Å². The predicted octanol–water partition coefficient (Wildman–Crippen LogP) is 1.12. The van der Waals surface area contributed by atoms with E-state index in [9.17, 15) is 4.79 Å². The number of amides is 1. The van der Waals surface area contributed by atoms with Crippen LogP contribution in [0.1, 0.15) is 44.9 Å². The number of nitrogens with one attached hydrogen (secondary N) is 2. The van der Waals surface area contributed by atoms with Gasteiger partial charge in [0.1, 0.15) is 0 Å². The number of hydrogen-bond donors (Lipinski definition) is 2. The van der Waals surface area contributed by atoms with Crippen molar-refractivity contribution in [3.8, 4) is 0 Å². The minimum absolute atomic E-state index is 0.283. The molecule has 3 fully saturated rings.